The van der Waals surface area contributed by atoms with E-state index in [4.69, 9.17) is 9.68 Å². The molecule has 0 saturated heterocycles. The molecule has 74 valence electrons. The van der Waals surface area contributed by atoms with Crippen molar-refractivity contribution in [2.45, 2.75) is 13.2 Å². The van der Waals surface area contributed by atoms with E-state index in [1.54, 1.807) is 0 Å². The van der Waals surface area contributed by atoms with Crippen molar-refractivity contribution >= 4 is 24.8 Å². The number of hydrogen-bond donors (Lipinski definition) is 1. The van der Waals surface area contributed by atoms with Crippen molar-refractivity contribution in [3.8, 4) is 0 Å². The van der Waals surface area contributed by atoms with Gasteiger partial charge in [-0.2, -0.15) is 0 Å². The maximum absolute atomic E-state index is 4.95. The maximum Gasteiger partial charge on any atom is 0.0963 e. The van der Waals surface area contributed by atoms with Crippen LogP contribution < -0.4 is 5.64 Å². The third-order valence-electron chi connectivity index (χ3n) is 1.69. The zero-order valence-corrected chi connectivity index (χ0v) is 8.49. The van der Waals surface area contributed by atoms with E-state index in [0.717, 1.165) is 0 Å². The standard InChI is InChI=1S/C8H9NO2.2ClH/c1-2-4-8-6-11-9-10-5-7(8)3-1;;/h1-4,9H,5-6H2;2*1H. The molecule has 1 aromatic rings. The Bertz CT molecular complexity index is 233. The summed E-state index contributed by atoms with van der Waals surface area (Å²) in [5.74, 6) is 0. The Hall–Kier alpha value is -0.320. The van der Waals surface area contributed by atoms with Gasteiger partial charge in [0.05, 0.1) is 13.2 Å². The first kappa shape index (κ1) is 12.7. The van der Waals surface area contributed by atoms with Gasteiger partial charge in [-0.25, -0.2) is 0 Å². The number of halogens is 2. The fraction of sp³-hybridized carbons (Fsp3) is 0.250. The largest absolute Gasteiger partial charge is 0.272 e. The molecule has 1 aromatic carbocycles. The van der Waals surface area contributed by atoms with Crippen LogP contribution in [0.4, 0.5) is 0 Å². The Morgan fingerprint density at radius 2 is 1.38 bits per heavy atom. The van der Waals surface area contributed by atoms with E-state index < -0.39 is 0 Å². The minimum absolute atomic E-state index is 0. The van der Waals surface area contributed by atoms with Crippen LogP contribution in [0.3, 0.4) is 0 Å². The van der Waals surface area contributed by atoms with E-state index in [1.165, 1.54) is 11.1 Å². The van der Waals surface area contributed by atoms with Crippen molar-refractivity contribution in [2.24, 2.45) is 0 Å². The monoisotopic (exact) mass is 223 g/mol. The average molecular weight is 224 g/mol. The molecular formula is C8H11Cl2NO2. The SMILES string of the molecule is Cl.Cl.c1ccc2c(c1)CONOC2. The van der Waals surface area contributed by atoms with Crippen LogP contribution in [0, 0.1) is 0 Å². The molecule has 1 heterocycles. The highest BCUT2D eigenvalue weighted by atomic mass is 35.5. The summed E-state index contributed by atoms with van der Waals surface area (Å²) in [6, 6.07) is 8.05. The van der Waals surface area contributed by atoms with Crippen molar-refractivity contribution in [1.29, 1.82) is 0 Å². The summed E-state index contributed by atoms with van der Waals surface area (Å²) in [6.07, 6.45) is 0. The lowest BCUT2D eigenvalue weighted by Gasteiger charge is -1.99. The van der Waals surface area contributed by atoms with Gasteiger partial charge in [-0.05, 0) is 11.1 Å². The van der Waals surface area contributed by atoms with Crippen LogP contribution in [0.15, 0.2) is 24.3 Å². The summed E-state index contributed by atoms with van der Waals surface area (Å²) in [4.78, 5) is 9.90. The van der Waals surface area contributed by atoms with Gasteiger partial charge in [-0.15, -0.1) is 24.8 Å². The zero-order valence-electron chi connectivity index (χ0n) is 6.86. The van der Waals surface area contributed by atoms with E-state index in [2.05, 4.69) is 5.64 Å². The van der Waals surface area contributed by atoms with Crippen LogP contribution in [0.25, 0.3) is 0 Å². The molecule has 1 aliphatic rings. The smallest absolute Gasteiger partial charge is 0.0963 e. The molecule has 0 atom stereocenters. The van der Waals surface area contributed by atoms with Gasteiger partial charge in [0.1, 0.15) is 0 Å². The van der Waals surface area contributed by atoms with Gasteiger partial charge in [0.15, 0.2) is 0 Å². The Balaban J connectivity index is 0.000000720. The number of benzene rings is 1. The van der Waals surface area contributed by atoms with Gasteiger partial charge in [0, 0.05) is 0 Å². The topological polar surface area (TPSA) is 30.5 Å². The third kappa shape index (κ3) is 3.14. The predicted molar refractivity (Wildman–Crippen MR) is 53.7 cm³/mol. The second kappa shape index (κ2) is 6.18. The number of hydrogen-bond acceptors (Lipinski definition) is 3. The minimum Gasteiger partial charge on any atom is -0.272 e. The first-order chi connectivity index (χ1) is 5.47. The molecule has 1 N–H and O–H groups in total. The molecule has 0 spiro atoms. The summed E-state index contributed by atoms with van der Waals surface area (Å²) >= 11 is 0. The van der Waals surface area contributed by atoms with Crippen LogP contribution in [0.2, 0.25) is 0 Å². The summed E-state index contributed by atoms with van der Waals surface area (Å²) in [7, 11) is 0. The van der Waals surface area contributed by atoms with Crippen LogP contribution >= 0.6 is 24.8 Å². The van der Waals surface area contributed by atoms with Crippen molar-refractivity contribution in [3.63, 3.8) is 0 Å². The van der Waals surface area contributed by atoms with E-state index >= 15 is 0 Å². The second-order valence-corrected chi connectivity index (χ2v) is 2.43. The fourth-order valence-electron chi connectivity index (χ4n) is 1.10. The molecule has 0 aromatic heterocycles. The molecule has 0 unspecified atom stereocenters. The molecule has 0 saturated carbocycles. The maximum atomic E-state index is 4.95. The Morgan fingerprint density at radius 1 is 0.923 bits per heavy atom. The summed E-state index contributed by atoms with van der Waals surface area (Å²) < 4.78 is 0. The quantitative estimate of drug-likeness (QED) is 0.731. The molecule has 5 heteroatoms. The van der Waals surface area contributed by atoms with Crippen molar-refractivity contribution in [1.82, 2.24) is 5.64 Å². The van der Waals surface area contributed by atoms with E-state index in [0.29, 0.717) is 13.2 Å². The van der Waals surface area contributed by atoms with Crippen molar-refractivity contribution in [3.05, 3.63) is 35.4 Å². The Labute approximate surface area is 89.1 Å². The van der Waals surface area contributed by atoms with E-state index in [9.17, 15) is 0 Å². The molecule has 0 bridgehead atoms. The first-order valence-corrected chi connectivity index (χ1v) is 3.52. The normalized spacial score (nSPS) is 14.5. The molecule has 2 rings (SSSR count). The molecule has 0 radical (unpaired) electrons. The first-order valence-electron chi connectivity index (χ1n) is 3.52. The Morgan fingerprint density at radius 3 is 1.85 bits per heavy atom. The van der Waals surface area contributed by atoms with Crippen LogP contribution in [0.5, 0.6) is 0 Å². The molecule has 0 amide bonds. The third-order valence-corrected chi connectivity index (χ3v) is 1.69. The van der Waals surface area contributed by atoms with E-state index in [1.807, 2.05) is 24.3 Å². The van der Waals surface area contributed by atoms with Gasteiger partial charge < -0.3 is 0 Å². The van der Waals surface area contributed by atoms with Gasteiger partial charge in [0.2, 0.25) is 0 Å². The lowest BCUT2D eigenvalue weighted by atomic mass is 10.1. The van der Waals surface area contributed by atoms with Crippen LogP contribution in [-0.4, -0.2) is 0 Å². The summed E-state index contributed by atoms with van der Waals surface area (Å²) in [5.41, 5.74) is 4.75. The van der Waals surface area contributed by atoms with Crippen LogP contribution in [0.1, 0.15) is 11.1 Å². The number of rotatable bonds is 0. The number of nitrogens with one attached hydrogen (secondary N) is 1. The van der Waals surface area contributed by atoms with Gasteiger partial charge in [-0.1, -0.05) is 29.9 Å². The van der Waals surface area contributed by atoms with Crippen molar-refractivity contribution in [2.75, 3.05) is 0 Å². The highest BCUT2D eigenvalue weighted by molar-refractivity contribution is 5.85. The fourth-order valence-corrected chi connectivity index (χ4v) is 1.10. The second-order valence-electron chi connectivity index (χ2n) is 2.43. The number of fused-ring (bicyclic) bond motifs is 1. The minimum atomic E-state index is 0. The van der Waals surface area contributed by atoms with Crippen molar-refractivity contribution < 1.29 is 9.68 Å². The molecule has 0 aliphatic carbocycles. The van der Waals surface area contributed by atoms with Gasteiger partial charge in [0.25, 0.3) is 0 Å². The summed E-state index contributed by atoms with van der Waals surface area (Å²) in [5, 5.41) is 0. The molecule has 0 fully saturated rings. The van der Waals surface area contributed by atoms with E-state index in [-0.39, 0.29) is 24.8 Å². The molecular weight excluding hydrogens is 213 g/mol. The van der Waals surface area contributed by atoms with Crippen LogP contribution in [-0.2, 0) is 22.9 Å². The molecule has 3 nitrogen and oxygen atoms in total. The zero-order chi connectivity index (χ0) is 7.52. The lowest BCUT2D eigenvalue weighted by molar-refractivity contribution is -0.176. The lowest BCUT2D eigenvalue weighted by Crippen LogP contribution is -2.10. The van der Waals surface area contributed by atoms with Gasteiger partial charge in [-0.3, -0.25) is 9.68 Å². The average Bonchev–Trinajstić information content (AvgIpc) is 2.28. The molecule has 13 heavy (non-hydrogen) atoms. The molecule has 1 aliphatic heterocycles. The Kier molecular flexibility index (Phi) is 6.03. The highest BCUT2D eigenvalue weighted by Gasteiger charge is 2.05. The van der Waals surface area contributed by atoms with Gasteiger partial charge >= 0.3 is 0 Å². The highest BCUT2D eigenvalue weighted by Crippen LogP contribution is 2.12. The summed E-state index contributed by atoms with van der Waals surface area (Å²) in [6.45, 7) is 1.13. The predicted octanol–water partition coefficient (Wildman–Crippen LogP) is 2.00.